The third-order valence-corrected chi connectivity index (χ3v) is 4.88. The van der Waals surface area contributed by atoms with Gasteiger partial charge in [0.1, 0.15) is 0 Å². The van der Waals surface area contributed by atoms with Crippen LogP contribution in [0.15, 0.2) is 0 Å². The number of nitrogens with two attached hydrogens (primary N) is 1. The highest BCUT2D eigenvalue weighted by molar-refractivity contribution is 5.70. The van der Waals surface area contributed by atoms with Crippen molar-refractivity contribution in [3.63, 3.8) is 0 Å². The van der Waals surface area contributed by atoms with Crippen LogP contribution in [0.5, 0.6) is 0 Å². The molecule has 0 aromatic rings. The fourth-order valence-corrected chi connectivity index (χ4v) is 3.77. The van der Waals surface area contributed by atoms with Gasteiger partial charge in [0.15, 0.2) is 0 Å². The summed E-state index contributed by atoms with van der Waals surface area (Å²) in [6.45, 7) is 7.42. The zero-order valence-corrected chi connectivity index (χ0v) is 12.8. The molecule has 3 heteroatoms. The Morgan fingerprint density at radius 3 is 2.47 bits per heavy atom. The summed E-state index contributed by atoms with van der Waals surface area (Å²) in [7, 11) is 0. The zero-order valence-electron chi connectivity index (χ0n) is 12.8. The number of rotatable bonds is 7. The normalized spacial score (nSPS) is 29.4. The third-order valence-electron chi connectivity index (χ3n) is 4.88. The molecule has 1 rings (SSSR count). The maximum atomic E-state index is 11.6. The van der Waals surface area contributed by atoms with Crippen LogP contribution >= 0.6 is 0 Å². The summed E-state index contributed by atoms with van der Waals surface area (Å²) in [5.74, 6) is 1.45. The minimum atomic E-state index is -0.596. The summed E-state index contributed by atoms with van der Waals surface area (Å²) in [6.07, 6.45) is 6.23. The lowest BCUT2D eigenvalue weighted by atomic mass is 9.64. The highest BCUT2D eigenvalue weighted by atomic mass is 16.4. The van der Waals surface area contributed by atoms with Crippen LogP contribution in [0.1, 0.15) is 59.3 Å². The number of aliphatic carboxylic acids is 1. The molecule has 112 valence electrons. The fraction of sp³-hybridized carbons (Fsp3) is 0.938. The molecule has 0 saturated heterocycles. The molecule has 0 aromatic heterocycles. The first kappa shape index (κ1) is 16.5. The lowest BCUT2D eigenvalue weighted by molar-refractivity contribution is -0.146. The van der Waals surface area contributed by atoms with E-state index >= 15 is 0 Å². The summed E-state index contributed by atoms with van der Waals surface area (Å²) in [4.78, 5) is 11.6. The Hall–Kier alpha value is -0.570. The summed E-state index contributed by atoms with van der Waals surface area (Å²) in [5.41, 5.74) is 5.52. The van der Waals surface area contributed by atoms with Crippen LogP contribution in [0.2, 0.25) is 0 Å². The van der Waals surface area contributed by atoms with Gasteiger partial charge in [-0.15, -0.1) is 0 Å². The van der Waals surface area contributed by atoms with Gasteiger partial charge in [-0.25, -0.2) is 0 Å². The minimum Gasteiger partial charge on any atom is -0.481 e. The summed E-state index contributed by atoms with van der Waals surface area (Å²) in [6, 6.07) is 0. The molecule has 0 radical (unpaired) electrons. The monoisotopic (exact) mass is 269 g/mol. The van der Waals surface area contributed by atoms with E-state index in [0.717, 1.165) is 25.7 Å². The average Bonchev–Trinajstić information content (AvgIpc) is 2.33. The van der Waals surface area contributed by atoms with E-state index in [-0.39, 0.29) is 5.92 Å². The number of carboxylic acid groups (broad SMARTS) is 1. The van der Waals surface area contributed by atoms with E-state index in [1.807, 2.05) is 0 Å². The molecule has 0 aromatic carbocycles. The molecule has 0 heterocycles. The van der Waals surface area contributed by atoms with Crippen LogP contribution in [-0.2, 0) is 4.79 Å². The van der Waals surface area contributed by atoms with Crippen molar-refractivity contribution in [2.24, 2.45) is 35.3 Å². The highest BCUT2D eigenvalue weighted by Gasteiger charge is 2.38. The van der Waals surface area contributed by atoms with Gasteiger partial charge in [-0.05, 0) is 55.9 Å². The second kappa shape index (κ2) is 7.88. The Kier molecular flexibility index (Phi) is 6.84. The molecule has 0 aliphatic heterocycles. The Labute approximate surface area is 118 Å². The second-order valence-corrected chi connectivity index (χ2v) is 6.72. The Morgan fingerprint density at radius 1 is 1.26 bits per heavy atom. The van der Waals surface area contributed by atoms with E-state index < -0.39 is 5.97 Å². The average molecular weight is 269 g/mol. The van der Waals surface area contributed by atoms with Gasteiger partial charge < -0.3 is 10.8 Å². The molecule has 3 nitrogen and oxygen atoms in total. The molecular weight excluding hydrogens is 238 g/mol. The van der Waals surface area contributed by atoms with Crippen molar-refractivity contribution in [3.05, 3.63) is 0 Å². The highest BCUT2D eigenvalue weighted by Crippen LogP contribution is 2.43. The van der Waals surface area contributed by atoms with Crippen LogP contribution in [0.25, 0.3) is 0 Å². The Balaban J connectivity index is 2.74. The van der Waals surface area contributed by atoms with Crippen molar-refractivity contribution in [2.75, 3.05) is 6.54 Å². The van der Waals surface area contributed by atoms with Crippen LogP contribution in [-0.4, -0.2) is 17.6 Å². The van der Waals surface area contributed by atoms with Crippen molar-refractivity contribution in [2.45, 2.75) is 59.3 Å². The van der Waals surface area contributed by atoms with Crippen molar-refractivity contribution < 1.29 is 9.90 Å². The van der Waals surface area contributed by atoms with Crippen molar-refractivity contribution in [3.8, 4) is 0 Å². The molecule has 4 atom stereocenters. The minimum absolute atomic E-state index is 0.165. The van der Waals surface area contributed by atoms with E-state index in [4.69, 9.17) is 5.73 Å². The van der Waals surface area contributed by atoms with Crippen LogP contribution in [0, 0.1) is 29.6 Å². The van der Waals surface area contributed by atoms with Gasteiger partial charge in [0.25, 0.3) is 0 Å². The molecule has 19 heavy (non-hydrogen) atoms. The van der Waals surface area contributed by atoms with Gasteiger partial charge in [-0.3, -0.25) is 4.79 Å². The number of hydrogen-bond donors (Lipinski definition) is 2. The van der Waals surface area contributed by atoms with Gasteiger partial charge in [-0.2, -0.15) is 0 Å². The molecule has 1 fully saturated rings. The summed E-state index contributed by atoms with van der Waals surface area (Å²) in [5, 5.41) is 9.58. The van der Waals surface area contributed by atoms with Crippen molar-refractivity contribution in [1.82, 2.24) is 0 Å². The molecule has 3 N–H and O–H groups in total. The number of hydrogen-bond acceptors (Lipinski definition) is 2. The van der Waals surface area contributed by atoms with Gasteiger partial charge in [0, 0.05) is 0 Å². The van der Waals surface area contributed by atoms with E-state index in [2.05, 4.69) is 20.8 Å². The maximum absolute atomic E-state index is 11.6. The van der Waals surface area contributed by atoms with Crippen LogP contribution in [0.4, 0.5) is 0 Å². The molecule has 1 aliphatic rings. The van der Waals surface area contributed by atoms with Gasteiger partial charge in [0.2, 0.25) is 0 Å². The molecular formula is C16H31NO2. The molecule has 0 bridgehead atoms. The Bertz CT molecular complexity index is 278. The first-order chi connectivity index (χ1) is 8.97. The SMILES string of the molecule is CC(C)C1CC[C@@H](C)C[C@H]1[C@H](CCCCN)C(=O)O. The number of carbonyl (C=O) groups is 1. The largest absolute Gasteiger partial charge is 0.481 e. The van der Waals surface area contributed by atoms with Crippen molar-refractivity contribution >= 4 is 5.97 Å². The molecule has 1 saturated carbocycles. The maximum Gasteiger partial charge on any atom is 0.306 e. The zero-order chi connectivity index (χ0) is 14.4. The van der Waals surface area contributed by atoms with Gasteiger partial charge in [-0.1, -0.05) is 33.6 Å². The van der Waals surface area contributed by atoms with Crippen LogP contribution in [0.3, 0.4) is 0 Å². The Morgan fingerprint density at radius 2 is 1.95 bits per heavy atom. The second-order valence-electron chi connectivity index (χ2n) is 6.72. The molecule has 1 aliphatic carbocycles. The standard InChI is InChI=1S/C16H31NO2/c1-11(2)13-8-7-12(3)10-15(13)14(16(18)19)6-4-5-9-17/h11-15H,4-10,17H2,1-3H3,(H,18,19)/t12-,13?,14+,15-/m1/s1. The predicted molar refractivity (Wildman–Crippen MR) is 78.9 cm³/mol. The third kappa shape index (κ3) is 4.79. The van der Waals surface area contributed by atoms with E-state index in [9.17, 15) is 9.90 Å². The van der Waals surface area contributed by atoms with E-state index in [1.165, 1.54) is 12.8 Å². The topological polar surface area (TPSA) is 63.3 Å². The fourth-order valence-electron chi connectivity index (χ4n) is 3.77. The van der Waals surface area contributed by atoms with Crippen molar-refractivity contribution in [1.29, 1.82) is 0 Å². The summed E-state index contributed by atoms with van der Waals surface area (Å²) >= 11 is 0. The first-order valence-electron chi connectivity index (χ1n) is 7.90. The van der Waals surface area contributed by atoms with Crippen LogP contribution < -0.4 is 5.73 Å². The number of unbranched alkanes of at least 4 members (excludes halogenated alkanes) is 1. The predicted octanol–water partition coefficient (Wildman–Crippen LogP) is 3.52. The number of carboxylic acids is 1. The van der Waals surface area contributed by atoms with Gasteiger partial charge in [0.05, 0.1) is 5.92 Å². The first-order valence-corrected chi connectivity index (χ1v) is 7.90. The lowest BCUT2D eigenvalue weighted by Crippen LogP contribution is -2.36. The van der Waals surface area contributed by atoms with Gasteiger partial charge >= 0.3 is 5.97 Å². The quantitative estimate of drug-likeness (QED) is 0.695. The molecule has 0 spiro atoms. The van der Waals surface area contributed by atoms with E-state index in [0.29, 0.717) is 30.2 Å². The molecule has 0 amide bonds. The smallest absolute Gasteiger partial charge is 0.306 e. The lowest BCUT2D eigenvalue weighted by Gasteiger charge is -2.40. The van der Waals surface area contributed by atoms with E-state index in [1.54, 1.807) is 0 Å². The molecule has 1 unspecified atom stereocenters. The summed E-state index contributed by atoms with van der Waals surface area (Å²) < 4.78 is 0.